The van der Waals surface area contributed by atoms with Crippen LogP contribution in [0.2, 0.25) is 0 Å². The largest absolute Gasteiger partial charge is 0.465 e. The van der Waals surface area contributed by atoms with Gasteiger partial charge in [0.15, 0.2) is 0 Å². The standard InChI is InChI=1S/C15H11BrN2O5/c1-23-15(20)10-5-9(6-13(7-10)18(21)22)14(19)17-12-4-2-3-11(16)8-12/h2-8H,1H3,(H,17,19). The normalized spacial score (nSPS) is 10.0. The van der Waals surface area contributed by atoms with Crippen LogP contribution in [0.15, 0.2) is 46.9 Å². The number of esters is 1. The summed E-state index contributed by atoms with van der Waals surface area (Å²) in [4.78, 5) is 34.1. The number of methoxy groups -OCH3 is 1. The molecule has 0 unspecified atom stereocenters. The summed E-state index contributed by atoms with van der Waals surface area (Å²) in [5.41, 5.74) is 0.0588. The molecular weight excluding hydrogens is 368 g/mol. The van der Waals surface area contributed by atoms with Crippen LogP contribution in [0.4, 0.5) is 11.4 Å². The number of non-ortho nitro benzene ring substituents is 1. The molecule has 2 aromatic carbocycles. The van der Waals surface area contributed by atoms with Gasteiger partial charge < -0.3 is 10.1 Å². The zero-order chi connectivity index (χ0) is 17.0. The second-order valence-corrected chi connectivity index (χ2v) is 5.40. The van der Waals surface area contributed by atoms with Gasteiger partial charge in [-0.25, -0.2) is 4.79 Å². The average Bonchev–Trinajstić information content (AvgIpc) is 2.53. The number of hydrogen-bond donors (Lipinski definition) is 1. The van der Waals surface area contributed by atoms with Gasteiger partial charge in [0.1, 0.15) is 0 Å². The maximum Gasteiger partial charge on any atom is 0.338 e. The van der Waals surface area contributed by atoms with Gasteiger partial charge in [-0.3, -0.25) is 14.9 Å². The Morgan fingerprint density at radius 3 is 2.48 bits per heavy atom. The van der Waals surface area contributed by atoms with Crippen molar-refractivity contribution in [2.45, 2.75) is 0 Å². The average molecular weight is 379 g/mol. The van der Waals surface area contributed by atoms with Crippen molar-refractivity contribution in [1.29, 1.82) is 0 Å². The Morgan fingerprint density at radius 2 is 1.87 bits per heavy atom. The van der Waals surface area contributed by atoms with Crippen LogP contribution in [-0.4, -0.2) is 23.9 Å². The lowest BCUT2D eigenvalue weighted by Gasteiger charge is -2.07. The van der Waals surface area contributed by atoms with E-state index in [1.54, 1.807) is 24.3 Å². The van der Waals surface area contributed by atoms with Crippen molar-refractivity contribution in [1.82, 2.24) is 0 Å². The van der Waals surface area contributed by atoms with E-state index in [0.29, 0.717) is 5.69 Å². The number of carbonyl (C=O) groups is 2. The fourth-order valence-electron chi connectivity index (χ4n) is 1.85. The molecule has 23 heavy (non-hydrogen) atoms. The summed E-state index contributed by atoms with van der Waals surface area (Å²) >= 11 is 3.28. The Balaban J connectivity index is 2.37. The van der Waals surface area contributed by atoms with E-state index >= 15 is 0 Å². The van der Waals surface area contributed by atoms with Crippen LogP contribution in [0.5, 0.6) is 0 Å². The molecule has 0 bridgehead atoms. The van der Waals surface area contributed by atoms with Crippen LogP contribution in [0, 0.1) is 10.1 Å². The third-order valence-corrected chi connectivity index (χ3v) is 3.39. The van der Waals surface area contributed by atoms with Gasteiger partial charge in [0, 0.05) is 27.9 Å². The molecule has 0 aliphatic rings. The predicted molar refractivity (Wildman–Crippen MR) is 86.5 cm³/mol. The molecule has 2 rings (SSSR count). The summed E-state index contributed by atoms with van der Waals surface area (Å²) in [7, 11) is 1.16. The van der Waals surface area contributed by atoms with Crippen LogP contribution >= 0.6 is 15.9 Å². The molecule has 0 spiro atoms. The molecule has 0 radical (unpaired) electrons. The molecule has 0 aromatic heterocycles. The third-order valence-electron chi connectivity index (χ3n) is 2.89. The molecule has 2 aromatic rings. The number of nitrogens with zero attached hydrogens (tertiary/aromatic N) is 1. The minimum absolute atomic E-state index is 0.0143. The summed E-state index contributed by atoms with van der Waals surface area (Å²) < 4.78 is 5.31. The first-order valence-electron chi connectivity index (χ1n) is 6.35. The number of benzene rings is 2. The van der Waals surface area contributed by atoms with E-state index < -0.39 is 16.8 Å². The van der Waals surface area contributed by atoms with Gasteiger partial charge in [0.05, 0.1) is 17.6 Å². The minimum Gasteiger partial charge on any atom is -0.465 e. The summed E-state index contributed by atoms with van der Waals surface area (Å²) in [5, 5.41) is 13.6. The number of carbonyl (C=O) groups excluding carboxylic acids is 2. The minimum atomic E-state index is -0.759. The fraction of sp³-hybridized carbons (Fsp3) is 0.0667. The van der Waals surface area contributed by atoms with E-state index in [4.69, 9.17) is 0 Å². The van der Waals surface area contributed by atoms with Crippen LogP contribution in [0.1, 0.15) is 20.7 Å². The second kappa shape index (κ2) is 7.01. The van der Waals surface area contributed by atoms with E-state index in [9.17, 15) is 19.7 Å². The highest BCUT2D eigenvalue weighted by molar-refractivity contribution is 9.10. The molecular formula is C15H11BrN2O5. The molecule has 8 heteroatoms. The molecule has 0 saturated carbocycles. The number of anilines is 1. The van der Waals surface area contributed by atoms with Crippen molar-refractivity contribution in [2.75, 3.05) is 12.4 Å². The van der Waals surface area contributed by atoms with Gasteiger partial charge in [-0.1, -0.05) is 22.0 Å². The first kappa shape index (κ1) is 16.6. The molecule has 1 amide bonds. The number of nitrogens with one attached hydrogen (secondary N) is 1. The number of nitro benzene ring substituents is 1. The van der Waals surface area contributed by atoms with Crippen LogP contribution in [0.25, 0.3) is 0 Å². The molecule has 0 aliphatic carbocycles. The van der Waals surface area contributed by atoms with Gasteiger partial charge in [-0.2, -0.15) is 0 Å². The van der Waals surface area contributed by atoms with Crippen molar-refractivity contribution < 1.29 is 19.2 Å². The van der Waals surface area contributed by atoms with Crippen molar-refractivity contribution >= 4 is 39.2 Å². The number of rotatable bonds is 4. The number of amides is 1. The maximum absolute atomic E-state index is 12.3. The molecule has 0 atom stereocenters. The van der Waals surface area contributed by atoms with Crippen molar-refractivity contribution in [3.63, 3.8) is 0 Å². The number of ether oxygens (including phenoxy) is 1. The van der Waals surface area contributed by atoms with E-state index in [2.05, 4.69) is 26.0 Å². The third kappa shape index (κ3) is 4.13. The molecule has 0 aliphatic heterocycles. The SMILES string of the molecule is COC(=O)c1cc(C(=O)Nc2cccc(Br)c2)cc([N+](=O)[O-])c1. The van der Waals surface area contributed by atoms with Crippen LogP contribution in [0.3, 0.4) is 0 Å². The van der Waals surface area contributed by atoms with Gasteiger partial charge in [0.2, 0.25) is 0 Å². The van der Waals surface area contributed by atoms with Gasteiger partial charge >= 0.3 is 5.97 Å². The van der Waals surface area contributed by atoms with E-state index in [1.165, 1.54) is 6.07 Å². The topological polar surface area (TPSA) is 98.5 Å². The van der Waals surface area contributed by atoms with Gasteiger partial charge in [0.25, 0.3) is 11.6 Å². The summed E-state index contributed by atoms with van der Waals surface area (Å²) in [6, 6.07) is 10.3. The molecule has 0 saturated heterocycles. The lowest BCUT2D eigenvalue weighted by atomic mass is 10.1. The lowest BCUT2D eigenvalue weighted by Crippen LogP contribution is -2.14. The van der Waals surface area contributed by atoms with Gasteiger partial charge in [-0.15, -0.1) is 0 Å². The highest BCUT2D eigenvalue weighted by atomic mass is 79.9. The van der Waals surface area contributed by atoms with Crippen LogP contribution < -0.4 is 5.32 Å². The number of halogens is 1. The first-order chi connectivity index (χ1) is 10.9. The summed E-state index contributed by atoms with van der Waals surface area (Å²) in [6.45, 7) is 0. The van der Waals surface area contributed by atoms with E-state index in [0.717, 1.165) is 23.7 Å². The second-order valence-electron chi connectivity index (χ2n) is 4.48. The van der Waals surface area contributed by atoms with E-state index in [-0.39, 0.29) is 16.8 Å². The quantitative estimate of drug-likeness (QED) is 0.499. The van der Waals surface area contributed by atoms with Crippen molar-refractivity contribution in [2.24, 2.45) is 0 Å². The summed E-state index contributed by atoms with van der Waals surface area (Å²) in [6.07, 6.45) is 0. The fourth-order valence-corrected chi connectivity index (χ4v) is 2.25. The Bertz CT molecular complexity index is 791. The highest BCUT2D eigenvalue weighted by Crippen LogP contribution is 2.20. The smallest absolute Gasteiger partial charge is 0.338 e. The number of hydrogen-bond acceptors (Lipinski definition) is 5. The zero-order valence-corrected chi connectivity index (χ0v) is 13.5. The predicted octanol–water partition coefficient (Wildman–Crippen LogP) is 3.40. The Hall–Kier alpha value is -2.74. The first-order valence-corrected chi connectivity index (χ1v) is 7.14. The maximum atomic E-state index is 12.3. The lowest BCUT2D eigenvalue weighted by molar-refractivity contribution is -0.384. The van der Waals surface area contributed by atoms with Crippen molar-refractivity contribution in [3.05, 3.63) is 68.2 Å². The number of nitro groups is 1. The molecule has 0 heterocycles. The summed E-state index contributed by atoms with van der Waals surface area (Å²) in [5.74, 6) is -1.33. The molecule has 118 valence electrons. The van der Waals surface area contributed by atoms with Crippen molar-refractivity contribution in [3.8, 4) is 0 Å². The van der Waals surface area contributed by atoms with Gasteiger partial charge in [-0.05, 0) is 24.3 Å². The van der Waals surface area contributed by atoms with Crippen LogP contribution in [-0.2, 0) is 4.74 Å². The monoisotopic (exact) mass is 378 g/mol. The Labute approximate surface area is 139 Å². The highest BCUT2D eigenvalue weighted by Gasteiger charge is 2.18. The molecule has 0 fully saturated rings. The molecule has 7 nitrogen and oxygen atoms in total. The zero-order valence-electron chi connectivity index (χ0n) is 11.9. The Morgan fingerprint density at radius 1 is 1.17 bits per heavy atom. The molecule has 1 N–H and O–H groups in total. The van der Waals surface area contributed by atoms with E-state index in [1.807, 2.05) is 0 Å². The Kier molecular flexibility index (Phi) is 5.07.